The van der Waals surface area contributed by atoms with Gasteiger partial charge in [0.05, 0.1) is 12.1 Å². The number of hydrogen-bond donors (Lipinski definition) is 1. The predicted octanol–water partition coefficient (Wildman–Crippen LogP) is 0.920. The van der Waals surface area contributed by atoms with Crippen LogP contribution < -0.4 is 0 Å². The summed E-state index contributed by atoms with van der Waals surface area (Å²) in [5, 5.41) is 14.4. The lowest BCUT2D eigenvalue weighted by molar-refractivity contribution is -0.0779. The first-order valence-corrected chi connectivity index (χ1v) is 6.96. The number of aliphatic hydroxyl groups is 1. The largest absolute Gasteiger partial charge is 0.388 e. The fourth-order valence-electron chi connectivity index (χ4n) is 2.54. The molecule has 3 rings (SSSR count). The molecular weight excluding hydrogens is 246 g/mol. The van der Waals surface area contributed by atoms with Crippen molar-refractivity contribution in [1.29, 1.82) is 0 Å². The monoisotopic (exact) mass is 267 g/mol. The van der Waals surface area contributed by atoms with Gasteiger partial charge in [0.1, 0.15) is 0 Å². The molecule has 1 aliphatic heterocycles. The van der Waals surface area contributed by atoms with E-state index in [1.54, 1.807) is 0 Å². The van der Waals surface area contributed by atoms with E-state index in [1.807, 2.05) is 11.9 Å². The van der Waals surface area contributed by atoms with Gasteiger partial charge in [-0.3, -0.25) is 4.90 Å². The first-order chi connectivity index (χ1) is 9.15. The molecule has 6 heteroatoms. The van der Waals surface area contributed by atoms with Crippen LogP contribution in [0.15, 0.2) is 4.52 Å². The number of ether oxygens (including phenoxy) is 1. The summed E-state index contributed by atoms with van der Waals surface area (Å²) in [6.07, 6.45) is 3.71. The third-order valence-corrected chi connectivity index (χ3v) is 3.81. The second kappa shape index (κ2) is 5.19. The van der Waals surface area contributed by atoms with Crippen LogP contribution in [0.3, 0.4) is 0 Å². The quantitative estimate of drug-likeness (QED) is 0.855. The Kier molecular flexibility index (Phi) is 3.56. The number of nitrogens with zero attached hydrogens (tertiary/aromatic N) is 3. The second-order valence-corrected chi connectivity index (χ2v) is 5.83. The Morgan fingerprint density at radius 1 is 1.37 bits per heavy atom. The van der Waals surface area contributed by atoms with E-state index in [1.165, 1.54) is 0 Å². The third-order valence-electron chi connectivity index (χ3n) is 3.81. The molecule has 1 saturated carbocycles. The Morgan fingerprint density at radius 2 is 2.11 bits per heavy atom. The molecule has 1 saturated heterocycles. The van der Waals surface area contributed by atoms with Gasteiger partial charge in [0, 0.05) is 38.5 Å². The molecule has 6 nitrogen and oxygen atoms in total. The van der Waals surface area contributed by atoms with E-state index >= 15 is 0 Å². The Labute approximate surface area is 112 Å². The minimum absolute atomic E-state index is 0.492. The molecule has 2 fully saturated rings. The average Bonchev–Trinajstić information content (AvgIpc) is 3.11. The standard InChI is InChI=1S/C13H21N3O3/c1-16(9-13(17)4-6-18-7-5-13)8-11-14-12(19-15-11)10-2-3-10/h10,17H,2-9H2,1H3. The van der Waals surface area contributed by atoms with Crippen molar-refractivity contribution in [2.45, 2.75) is 43.7 Å². The molecule has 0 bridgehead atoms. The van der Waals surface area contributed by atoms with Gasteiger partial charge < -0.3 is 14.4 Å². The molecule has 1 aromatic rings. The highest BCUT2D eigenvalue weighted by Crippen LogP contribution is 2.38. The van der Waals surface area contributed by atoms with Crippen LogP contribution >= 0.6 is 0 Å². The highest BCUT2D eigenvalue weighted by atomic mass is 16.5. The van der Waals surface area contributed by atoms with Gasteiger partial charge in [0.15, 0.2) is 5.82 Å². The highest BCUT2D eigenvalue weighted by molar-refractivity contribution is 5.01. The topological polar surface area (TPSA) is 71.6 Å². The lowest BCUT2D eigenvalue weighted by Gasteiger charge is -2.35. The van der Waals surface area contributed by atoms with Gasteiger partial charge in [-0.05, 0) is 19.9 Å². The van der Waals surface area contributed by atoms with Gasteiger partial charge in [-0.2, -0.15) is 4.98 Å². The van der Waals surface area contributed by atoms with Crippen LogP contribution in [0.1, 0.15) is 43.3 Å². The molecule has 2 heterocycles. The van der Waals surface area contributed by atoms with Crippen molar-refractivity contribution in [1.82, 2.24) is 15.0 Å². The molecule has 0 spiro atoms. The molecule has 0 radical (unpaired) electrons. The maximum absolute atomic E-state index is 10.4. The van der Waals surface area contributed by atoms with Crippen molar-refractivity contribution in [2.24, 2.45) is 0 Å². The molecule has 0 amide bonds. The van der Waals surface area contributed by atoms with Crippen molar-refractivity contribution in [3.63, 3.8) is 0 Å². The van der Waals surface area contributed by atoms with Crippen LogP contribution in [0.5, 0.6) is 0 Å². The Balaban J connectivity index is 1.53. The van der Waals surface area contributed by atoms with Crippen LogP contribution in [-0.2, 0) is 11.3 Å². The van der Waals surface area contributed by atoms with E-state index in [4.69, 9.17) is 9.26 Å². The van der Waals surface area contributed by atoms with E-state index in [-0.39, 0.29) is 0 Å². The summed E-state index contributed by atoms with van der Waals surface area (Å²) < 4.78 is 10.5. The number of hydrogen-bond acceptors (Lipinski definition) is 6. The Hall–Kier alpha value is -0.980. The van der Waals surface area contributed by atoms with Crippen molar-refractivity contribution in [3.8, 4) is 0 Å². The van der Waals surface area contributed by atoms with E-state index in [2.05, 4.69) is 10.1 Å². The molecule has 0 atom stereocenters. The molecule has 0 aromatic carbocycles. The maximum atomic E-state index is 10.4. The maximum Gasteiger partial charge on any atom is 0.229 e. The summed E-state index contributed by atoms with van der Waals surface area (Å²) in [6.45, 7) is 2.50. The summed E-state index contributed by atoms with van der Waals surface area (Å²) in [5.41, 5.74) is -0.643. The number of likely N-dealkylation sites (N-methyl/N-ethyl adjacent to an activating group) is 1. The summed E-state index contributed by atoms with van der Waals surface area (Å²) in [4.78, 5) is 6.45. The molecule has 1 N–H and O–H groups in total. The fraction of sp³-hybridized carbons (Fsp3) is 0.846. The fourth-order valence-corrected chi connectivity index (χ4v) is 2.54. The van der Waals surface area contributed by atoms with Gasteiger partial charge >= 0.3 is 0 Å². The van der Waals surface area contributed by atoms with Crippen molar-refractivity contribution < 1.29 is 14.4 Å². The van der Waals surface area contributed by atoms with Crippen molar-refractivity contribution >= 4 is 0 Å². The summed E-state index contributed by atoms with van der Waals surface area (Å²) in [5.74, 6) is 1.97. The first-order valence-electron chi connectivity index (χ1n) is 6.96. The normalized spacial score (nSPS) is 22.9. The molecule has 106 valence electrons. The van der Waals surface area contributed by atoms with Gasteiger partial charge in [-0.15, -0.1) is 0 Å². The summed E-state index contributed by atoms with van der Waals surface area (Å²) >= 11 is 0. The van der Waals surface area contributed by atoms with Gasteiger partial charge in [0.2, 0.25) is 5.89 Å². The van der Waals surface area contributed by atoms with E-state index < -0.39 is 5.60 Å². The highest BCUT2D eigenvalue weighted by Gasteiger charge is 2.32. The van der Waals surface area contributed by atoms with Crippen LogP contribution in [-0.4, -0.2) is 52.6 Å². The van der Waals surface area contributed by atoms with Gasteiger partial charge in [-0.25, -0.2) is 0 Å². The molecule has 1 aliphatic carbocycles. The zero-order valence-electron chi connectivity index (χ0n) is 11.3. The first kappa shape index (κ1) is 13.0. The average molecular weight is 267 g/mol. The molecule has 0 unspecified atom stereocenters. The number of aromatic nitrogens is 2. The van der Waals surface area contributed by atoms with Gasteiger partial charge in [0.25, 0.3) is 0 Å². The van der Waals surface area contributed by atoms with Crippen molar-refractivity contribution in [2.75, 3.05) is 26.8 Å². The minimum atomic E-state index is -0.643. The Morgan fingerprint density at radius 3 is 2.79 bits per heavy atom. The second-order valence-electron chi connectivity index (χ2n) is 5.83. The summed E-state index contributed by atoms with van der Waals surface area (Å²) in [6, 6.07) is 0. The molecule has 19 heavy (non-hydrogen) atoms. The zero-order chi connectivity index (χ0) is 13.3. The van der Waals surface area contributed by atoms with Crippen LogP contribution in [0, 0.1) is 0 Å². The van der Waals surface area contributed by atoms with E-state index in [0.29, 0.717) is 50.9 Å². The van der Waals surface area contributed by atoms with Crippen LogP contribution in [0.25, 0.3) is 0 Å². The minimum Gasteiger partial charge on any atom is -0.388 e. The SMILES string of the molecule is CN(Cc1noc(C2CC2)n1)CC1(O)CCOCC1. The van der Waals surface area contributed by atoms with Crippen molar-refractivity contribution in [3.05, 3.63) is 11.7 Å². The number of rotatable bonds is 5. The van der Waals surface area contributed by atoms with E-state index in [9.17, 15) is 5.11 Å². The Bertz CT molecular complexity index is 425. The molecule has 1 aromatic heterocycles. The lowest BCUT2D eigenvalue weighted by Crippen LogP contribution is -2.45. The van der Waals surface area contributed by atoms with Crippen LogP contribution in [0.2, 0.25) is 0 Å². The van der Waals surface area contributed by atoms with Crippen LogP contribution in [0.4, 0.5) is 0 Å². The van der Waals surface area contributed by atoms with E-state index in [0.717, 1.165) is 18.7 Å². The molecular formula is C13H21N3O3. The smallest absolute Gasteiger partial charge is 0.229 e. The van der Waals surface area contributed by atoms with Gasteiger partial charge in [-0.1, -0.05) is 5.16 Å². The summed E-state index contributed by atoms with van der Waals surface area (Å²) in [7, 11) is 1.97. The predicted molar refractivity (Wildman–Crippen MR) is 67.6 cm³/mol. The third kappa shape index (κ3) is 3.32. The lowest BCUT2D eigenvalue weighted by atomic mass is 9.94. The zero-order valence-corrected chi connectivity index (χ0v) is 11.3. The molecule has 2 aliphatic rings.